The standard InChI is InChI=1S/C7H6F3IN2O/c1-3-2-4(11)13-6(5(3)12)14-7(8,9)10/h2H,12H2,1H3. The Kier molecular flexibility index (Phi) is 3.07. The molecular weight excluding hydrogens is 312 g/mol. The zero-order valence-electron chi connectivity index (χ0n) is 7.02. The Morgan fingerprint density at radius 1 is 1.50 bits per heavy atom. The van der Waals surface area contributed by atoms with Crippen molar-refractivity contribution >= 4 is 28.3 Å². The van der Waals surface area contributed by atoms with Gasteiger partial charge in [-0.15, -0.1) is 13.2 Å². The van der Waals surface area contributed by atoms with E-state index in [1.807, 2.05) is 0 Å². The molecule has 0 atom stereocenters. The maximum atomic E-state index is 11.9. The van der Waals surface area contributed by atoms with Crippen LogP contribution in [0.1, 0.15) is 5.56 Å². The van der Waals surface area contributed by atoms with Crippen molar-refractivity contribution in [2.24, 2.45) is 0 Å². The molecule has 1 aromatic heterocycles. The zero-order valence-corrected chi connectivity index (χ0v) is 9.18. The van der Waals surface area contributed by atoms with Gasteiger partial charge in [-0.05, 0) is 41.1 Å². The normalized spacial score (nSPS) is 11.5. The molecule has 78 valence electrons. The lowest BCUT2D eigenvalue weighted by Crippen LogP contribution is -2.19. The maximum absolute atomic E-state index is 11.9. The summed E-state index contributed by atoms with van der Waals surface area (Å²) in [6.07, 6.45) is -4.77. The Morgan fingerprint density at radius 3 is 2.57 bits per heavy atom. The lowest BCUT2D eigenvalue weighted by Gasteiger charge is -2.11. The number of nitrogens with two attached hydrogens (primary N) is 1. The molecule has 3 nitrogen and oxygen atoms in total. The number of halogens is 4. The maximum Gasteiger partial charge on any atom is 0.574 e. The summed E-state index contributed by atoms with van der Waals surface area (Å²) in [5.41, 5.74) is 5.78. The highest BCUT2D eigenvalue weighted by molar-refractivity contribution is 14.1. The zero-order chi connectivity index (χ0) is 10.9. The van der Waals surface area contributed by atoms with Gasteiger partial charge in [0, 0.05) is 0 Å². The first-order valence-electron chi connectivity index (χ1n) is 3.48. The molecule has 0 unspecified atom stereocenters. The quantitative estimate of drug-likeness (QED) is 0.639. The second kappa shape index (κ2) is 3.79. The number of hydrogen-bond donors (Lipinski definition) is 1. The van der Waals surface area contributed by atoms with Gasteiger partial charge in [-0.3, -0.25) is 0 Å². The topological polar surface area (TPSA) is 48.1 Å². The van der Waals surface area contributed by atoms with Crippen LogP contribution in [0.5, 0.6) is 5.88 Å². The summed E-state index contributed by atoms with van der Waals surface area (Å²) in [4.78, 5) is 3.54. The Labute approximate surface area is 91.6 Å². The summed E-state index contributed by atoms with van der Waals surface area (Å²) < 4.78 is 39.6. The molecule has 0 bridgehead atoms. The Balaban J connectivity index is 3.09. The lowest BCUT2D eigenvalue weighted by atomic mass is 10.2. The highest BCUT2D eigenvalue weighted by Gasteiger charge is 2.33. The number of aromatic nitrogens is 1. The highest BCUT2D eigenvalue weighted by Crippen LogP contribution is 2.29. The average Bonchev–Trinajstić information content (AvgIpc) is 1.96. The fourth-order valence-corrected chi connectivity index (χ4v) is 1.49. The minimum Gasteiger partial charge on any atom is -0.394 e. The van der Waals surface area contributed by atoms with E-state index in [9.17, 15) is 13.2 Å². The van der Waals surface area contributed by atoms with Gasteiger partial charge in [-0.2, -0.15) is 0 Å². The molecule has 1 heterocycles. The van der Waals surface area contributed by atoms with Gasteiger partial charge in [-0.1, -0.05) is 0 Å². The van der Waals surface area contributed by atoms with Crippen molar-refractivity contribution in [3.63, 3.8) is 0 Å². The number of anilines is 1. The second-order valence-corrected chi connectivity index (χ2v) is 3.63. The fraction of sp³-hybridized carbons (Fsp3) is 0.286. The first kappa shape index (κ1) is 11.3. The van der Waals surface area contributed by atoms with Crippen LogP contribution in [-0.4, -0.2) is 11.3 Å². The van der Waals surface area contributed by atoms with Crippen LogP contribution in [-0.2, 0) is 0 Å². The van der Waals surface area contributed by atoms with E-state index in [4.69, 9.17) is 5.73 Å². The third-order valence-electron chi connectivity index (χ3n) is 1.41. The van der Waals surface area contributed by atoms with Crippen LogP contribution in [0.2, 0.25) is 0 Å². The van der Waals surface area contributed by atoms with E-state index in [0.29, 0.717) is 9.26 Å². The van der Waals surface area contributed by atoms with Gasteiger partial charge in [-0.25, -0.2) is 4.98 Å². The van der Waals surface area contributed by atoms with E-state index in [2.05, 4.69) is 9.72 Å². The summed E-state index contributed by atoms with van der Waals surface area (Å²) in [6.45, 7) is 1.59. The van der Waals surface area contributed by atoms with Crippen LogP contribution < -0.4 is 10.5 Å². The molecule has 7 heteroatoms. The third kappa shape index (κ3) is 2.89. The second-order valence-electron chi connectivity index (χ2n) is 2.53. The molecule has 0 aliphatic carbocycles. The number of nitrogens with zero attached hydrogens (tertiary/aromatic N) is 1. The predicted molar refractivity (Wildman–Crippen MR) is 52.8 cm³/mol. The van der Waals surface area contributed by atoms with Crippen molar-refractivity contribution in [1.29, 1.82) is 0 Å². The number of pyridine rings is 1. The molecule has 0 radical (unpaired) electrons. The molecule has 0 spiro atoms. The minimum atomic E-state index is -4.77. The van der Waals surface area contributed by atoms with Crippen LogP contribution in [0.3, 0.4) is 0 Å². The molecule has 1 aromatic rings. The van der Waals surface area contributed by atoms with Crippen molar-refractivity contribution in [1.82, 2.24) is 4.98 Å². The van der Waals surface area contributed by atoms with Crippen molar-refractivity contribution in [3.8, 4) is 5.88 Å². The molecule has 2 N–H and O–H groups in total. The van der Waals surface area contributed by atoms with Crippen LogP contribution in [0, 0.1) is 10.6 Å². The number of alkyl halides is 3. The molecule has 0 aromatic carbocycles. The van der Waals surface area contributed by atoms with E-state index in [0.717, 1.165) is 0 Å². The number of nitrogen functional groups attached to an aromatic ring is 1. The molecule has 0 amide bonds. The molecule has 0 aliphatic heterocycles. The lowest BCUT2D eigenvalue weighted by molar-refractivity contribution is -0.275. The van der Waals surface area contributed by atoms with E-state index in [-0.39, 0.29) is 5.69 Å². The molecule has 14 heavy (non-hydrogen) atoms. The first-order chi connectivity index (χ1) is 6.29. The SMILES string of the molecule is Cc1cc(I)nc(OC(F)(F)F)c1N. The largest absolute Gasteiger partial charge is 0.574 e. The van der Waals surface area contributed by atoms with Gasteiger partial charge < -0.3 is 10.5 Å². The van der Waals surface area contributed by atoms with Crippen LogP contribution in [0.25, 0.3) is 0 Å². The average molecular weight is 318 g/mol. The minimum absolute atomic E-state index is 0.0947. The highest BCUT2D eigenvalue weighted by atomic mass is 127. The molecule has 0 saturated heterocycles. The monoisotopic (exact) mass is 318 g/mol. The molecule has 0 fully saturated rings. The van der Waals surface area contributed by atoms with Gasteiger partial charge in [0.2, 0.25) is 5.88 Å². The molecule has 1 rings (SSSR count). The van der Waals surface area contributed by atoms with Crippen LogP contribution >= 0.6 is 22.6 Å². The summed E-state index contributed by atoms with van der Waals surface area (Å²) in [5.74, 6) is -0.595. The van der Waals surface area contributed by atoms with Gasteiger partial charge in [0.25, 0.3) is 0 Å². The smallest absolute Gasteiger partial charge is 0.394 e. The van der Waals surface area contributed by atoms with Crippen molar-refractivity contribution in [3.05, 3.63) is 15.3 Å². The van der Waals surface area contributed by atoms with Crippen molar-refractivity contribution in [2.75, 3.05) is 5.73 Å². The van der Waals surface area contributed by atoms with Crippen LogP contribution in [0.4, 0.5) is 18.9 Å². The first-order valence-corrected chi connectivity index (χ1v) is 4.56. The van der Waals surface area contributed by atoms with E-state index >= 15 is 0 Å². The van der Waals surface area contributed by atoms with Gasteiger partial charge >= 0.3 is 6.36 Å². The van der Waals surface area contributed by atoms with Gasteiger partial charge in [0.05, 0.1) is 5.69 Å². The Hall–Kier alpha value is -0.730. The third-order valence-corrected chi connectivity index (χ3v) is 1.96. The molecular formula is C7H6F3IN2O. The number of hydrogen-bond acceptors (Lipinski definition) is 3. The van der Waals surface area contributed by atoms with E-state index < -0.39 is 12.2 Å². The Bertz CT molecular complexity index is 354. The number of aryl methyl sites for hydroxylation is 1. The number of rotatable bonds is 1. The summed E-state index contributed by atoms with van der Waals surface area (Å²) in [5, 5.41) is 0. The summed E-state index contributed by atoms with van der Waals surface area (Å²) in [7, 11) is 0. The van der Waals surface area contributed by atoms with Crippen LogP contribution in [0.15, 0.2) is 6.07 Å². The van der Waals surface area contributed by atoms with Crippen molar-refractivity contribution < 1.29 is 17.9 Å². The summed E-state index contributed by atoms with van der Waals surface area (Å²) in [6, 6.07) is 1.57. The number of ether oxygens (including phenoxy) is 1. The van der Waals surface area contributed by atoms with E-state index in [1.165, 1.54) is 0 Å². The fourth-order valence-electron chi connectivity index (χ4n) is 0.802. The molecule has 0 aliphatic rings. The van der Waals surface area contributed by atoms with Gasteiger partial charge in [0.15, 0.2) is 0 Å². The predicted octanol–water partition coefficient (Wildman–Crippen LogP) is 2.48. The van der Waals surface area contributed by atoms with E-state index in [1.54, 1.807) is 35.6 Å². The summed E-state index contributed by atoms with van der Waals surface area (Å²) >= 11 is 1.79. The Morgan fingerprint density at radius 2 is 2.07 bits per heavy atom. The van der Waals surface area contributed by atoms with Gasteiger partial charge in [0.1, 0.15) is 3.70 Å². The molecule has 0 saturated carbocycles. The van der Waals surface area contributed by atoms with Crippen molar-refractivity contribution in [2.45, 2.75) is 13.3 Å².